The van der Waals surface area contributed by atoms with Crippen molar-refractivity contribution in [3.05, 3.63) is 64.8 Å². The SMILES string of the molecule is C=C(CC=C(C)C)CCS(=O)ON(C)C(=O)c1cccc2c1C=CCC2.CC. The highest BCUT2D eigenvalue weighted by molar-refractivity contribution is 7.80. The Labute approximate surface area is 172 Å². The van der Waals surface area contributed by atoms with Gasteiger partial charge in [0.2, 0.25) is 0 Å². The van der Waals surface area contributed by atoms with Gasteiger partial charge in [0, 0.05) is 12.6 Å². The molecular formula is C23H33NO3S. The second-order valence-electron chi connectivity index (χ2n) is 6.69. The van der Waals surface area contributed by atoms with E-state index in [1.807, 2.05) is 45.9 Å². The molecule has 2 rings (SSSR count). The number of hydrogen-bond acceptors (Lipinski definition) is 3. The molecule has 0 heterocycles. The van der Waals surface area contributed by atoms with Crippen LogP contribution < -0.4 is 0 Å². The summed E-state index contributed by atoms with van der Waals surface area (Å²) in [5.74, 6) is 0.0324. The molecule has 5 heteroatoms. The Bertz CT molecular complexity index is 761. The van der Waals surface area contributed by atoms with Crippen LogP contribution in [0.1, 0.15) is 68.4 Å². The monoisotopic (exact) mass is 403 g/mol. The molecule has 0 aromatic heterocycles. The Morgan fingerprint density at radius 3 is 2.71 bits per heavy atom. The van der Waals surface area contributed by atoms with Crippen LogP contribution in [0.5, 0.6) is 0 Å². The zero-order valence-corrected chi connectivity index (χ0v) is 18.6. The Morgan fingerprint density at radius 1 is 1.32 bits per heavy atom. The van der Waals surface area contributed by atoms with Crippen molar-refractivity contribution in [3.63, 3.8) is 0 Å². The number of aryl methyl sites for hydroxylation is 1. The van der Waals surface area contributed by atoms with E-state index in [2.05, 4.69) is 18.7 Å². The molecule has 1 atom stereocenters. The molecular weight excluding hydrogens is 370 g/mol. The van der Waals surface area contributed by atoms with Crippen LogP contribution in [-0.2, 0) is 21.8 Å². The van der Waals surface area contributed by atoms with Crippen LogP contribution in [0.3, 0.4) is 0 Å². The maximum Gasteiger partial charge on any atom is 0.278 e. The van der Waals surface area contributed by atoms with E-state index in [0.29, 0.717) is 17.7 Å². The summed E-state index contributed by atoms with van der Waals surface area (Å²) in [6, 6.07) is 5.69. The lowest BCUT2D eigenvalue weighted by Crippen LogP contribution is -2.29. The fourth-order valence-electron chi connectivity index (χ4n) is 2.70. The molecule has 0 bridgehead atoms. The number of nitrogens with zero attached hydrogens (tertiary/aromatic N) is 1. The largest absolute Gasteiger partial charge is 0.278 e. The van der Waals surface area contributed by atoms with Crippen molar-refractivity contribution in [1.82, 2.24) is 5.06 Å². The van der Waals surface area contributed by atoms with E-state index >= 15 is 0 Å². The third kappa shape index (κ3) is 7.56. The van der Waals surface area contributed by atoms with Crippen LogP contribution in [0.4, 0.5) is 0 Å². The van der Waals surface area contributed by atoms with E-state index in [1.54, 1.807) is 6.07 Å². The van der Waals surface area contributed by atoms with E-state index in [9.17, 15) is 9.00 Å². The van der Waals surface area contributed by atoms with Crippen LogP contribution in [0.15, 0.2) is 48.1 Å². The molecule has 1 amide bonds. The predicted molar refractivity (Wildman–Crippen MR) is 119 cm³/mol. The molecule has 154 valence electrons. The van der Waals surface area contributed by atoms with Gasteiger partial charge in [0.1, 0.15) is 0 Å². The summed E-state index contributed by atoms with van der Waals surface area (Å²) in [6.07, 6.45) is 9.42. The minimum absolute atomic E-state index is 0.287. The summed E-state index contributed by atoms with van der Waals surface area (Å²) >= 11 is -1.58. The van der Waals surface area contributed by atoms with Gasteiger partial charge in [-0.25, -0.2) is 9.27 Å². The maximum absolute atomic E-state index is 12.7. The summed E-state index contributed by atoms with van der Waals surface area (Å²) in [7, 11) is 1.50. The van der Waals surface area contributed by atoms with Gasteiger partial charge in [-0.3, -0.25) is 4.79 Å². The van der Waals surface area contributed by atoms with Crippen LogP contribution in [0.2, 0.25) is 0 Å². The fourth-order valence-corrected chi connectivity index (χ4v) is 3.54. The number of amides is 1. The summed E-state index contributed by atoms with van der Waals surface area (Å²) in [5, 5.41) is 1.08. The second-order valence-corrected chi connectivity index (χ2v) is 7.85. The summed E-state index contributed by atoms with van der Waals surface area (Å²) in [6.45, 7) is 12.1. The summed E-state index contributed by atoms with van der Waals surface area (Å²) < 4.78 is 17.5. The first-order chi connectivity index (χ1) is 13.4. The van der Waals surface area contributed by atoms with Gasteiger partial charge >= 0.3 is 0 Å². The highest BCUT2D eigenvalue weighted by Crippen LogP contribution is 2.24. The highest BCUT2D eigenvalue weighted by Gasteiger charge is 2.20. The number of hydrogen-bond donors (Lipinski definition) is 0. The predicted octanol–water partition coefficient (Wildman–Crippen LogP) is 5.64. The first kappa shape index (κ1) is 24.1. The van der Waals surface area contributed by atoms with Gasteiger partial charge in [0.25, 0.3) is 5.91 Å². The molecule has 1 unspecified atom stereocenters. The normalized spacial score (nSPS) is 12.9. The number of carbonyl (C=O) groups is 1. The third-order valence-electron chi connectivity index (χ3n) is 4.19. The topological polar surface area (TPSA) is 46.6 Å². The quantitative estimate of drug-likeness (QED) is 0.417. The van der Waals surface area contributed by atoms with Crippen molar-refractivity contribution in [2.45, 2.75) is 53.4 Å². The first-order valence-electron chi connectivity index (χ1n) is 9.81. The van der Waals surface area contributed by atoms with Gasteiger partial charge in [-0.15, -0.1) is 0 Å². The second kappa shape index (κ2) is 12.5. The van der Waals surface area contributed by atoms with Crippen molar-refractivity contribution in [3.8, 4) is 0 Å². The third-order valence-corrected chi connectivity index (χ3v) is 5.12. The van der Waals surface area contributed by atoms with E-state index in [1.165, 1.54) is 12.6 Å². The minimum Gasteiger partial charge on any atom is -0.267 e. The van der Waals surface area contributed by atoms with E-state index < -0.39 is 11.1 Å². The van der Waals surface area contributed by atoms with Crippen LogP contribution in [0, 0.1) is 0 Å². The Kier molecular flexibility index (Phi) is 10.7. The molecule has 0 N–H and O–H groups in total. The van der Waals surface area contributed by atoms with Crippen molar-refractivity contribution in [1.29, 1.82) is 0 Å². The molecule has 0 saturated carbocycles. The Morgan fingerprint density at radius 2 is 2.04 bits per heavy atom. The fraction of sp³-hybridized carbons (Fsp3) is 0.435. The van der Waals surface area contributed by atoms with Crippen LogP contribution in [-0.4, -0.2) is 28.0 Å². The number of fused-ring (bicyclic) bond motifs is 1. The highest BCUT2D eigenvalue weighted by atomic mass is 32.2. The van der Waals surface area contributed by atoms with Crippen molar-refractivity contribution >= 4 is 23.1 Å². The Hall–Kier alpha value is -1.98. The van der Waals surface area contributed by atoms with Gasteiger partial charge in [0.15, 0.2) is 11.1 Å². The van der Waals surface area contributed by atoms with Crippen LogP contribution in [0.25, 0.3) is 6.08 Å². The molecule has 0 saturated heterocycles. The molecule has 1 aromatic carbocycles. The maximum atomic E-state index is 12.7. The van der Waals surface area contributed by atoms with Crippen molar-refractivity contribution in [2.24, 2.45) is 0 Å². The zero-order valence-electron chi connectivity index (χ0n) is 17.8. The van der Waals surface area contributed by atoms with E-state index in [0.717, 1.165) is 41.0 Å². The van der Waals surface area contributed by atoms with Crippen LogP contribution >= 0.6 is 0 Å². The molecule has 4 nitrogen and oxygen atoms in total. The molecule has 1 aliphatic rings. The van der Waals surface area contributed by atoms with Gasteiger partial charge in [-0.05, 0) is 56.7 Å². The molecule has 0 aliphatic heterocycles. The van der Waals surface area contributed by atoms with Crippen molar-refractivity contribution in [2.75, 3.05) is 12.8 Å². The number of rotatable bonds is 8. The minimum atomic E-state index is -1.58. The van der Waals surface area contributed by atoms with Gasteiger partial charge in [-0.1, -0.05) is 61.9 Å². The number of benzene rings is 1. The molecule has 0 spiro atoms. The molecule has 1 aromatic rings. The number of carbonyl (C=O) groups excluding carboxylic acids is 1. The lowest BCUT2D eigenvalue weighted by atomic mass is 9.93. The standard InChI is InChI=1S/C21H27NO3S.C2H6/c1-16(2)12-13-17(3)14-15-26(24)25-22(4)21(23)20-11-7-9-18-8-5-6-10-19(18)20;1-2/h6-7,9-12H,3,5,8,13-15H2,1-2,4H3;1-2H3. The van der Waals surface area contributed by atoms with E-state index in [-0.39, 0.29) is 5.91 Å². The zero-order chi connectivity index (χ0) is 21.1. The smallest absolute Gasteiger partial charge is 0.267 e. The van der Waals surface area contributed by atoms with E-state index in [4.69, 9.17) is 4.28 Å². The summed E-state index contributed by atoms with van der Waals surface area (Å²) in [4.78, 5) is 12.7. The molecule has 0 fully saturated rings. The average Bonchev–Trinajstić information content (AvgIpc) is 2.71. The molecule has 0 radical (unpaired) electrons. The lowest BCUT2D eigenvalue weighted by Gasteiger charge is -2.19. The number of hydroxylamine groups is 2. The van der Waals surface area contributed by atoms with Gasteiger partial charge in [-0.2, -0.15) is 4.28 Å². The Balaban J connectivity index is 0.00000190. The summed E-state index contributed by atoms with van der Waals surface area (Å²) in [5.41, 5.74) is 4.89. The molecule has 28 heavy (non-hydrogen) atoms. The lowest BCUT2D eigenvalue weighted by molar-refractivity contribution is -0.00365. The average molecular weight is 404 g/mol. The first-order valence-corrected chi connectivity index (χ1v) is 11.1. The number of allylic oxidation sites excluding steroid dienone is 4. The van der Waals surface area contributed by atoms with Crippen molar-refractivity contribution < 1.29 is 13.3 Å². The van der Waals surface area contributed by atoms with Gasteiger partial charge < -0.3 is 0 Å². The van der Waals surface area contributed by atoms with Gasteiger partial charge in [0.05, 0.1) is 5.75 Å². The molecule has 1 aliphatic carbocycles.